The zero-order chi connectivity index (χ0) is 12.4. The number of aromatic nitrogens is 1. The summed E-state index contributed by atoms with van der Waals surface area (Å²) >= 11 is 12.2. The highest BCUT2D eigenvalue weighted by Crippen LogP contribution is 2.33. The van der Waals surface area contributed by atoms with Gasteiger partial charge in [0.2, 0.25) is 0 Å². The van der Waals surface area contributed by atoms with Gasteiger partial charge in [0, 0.05) is 24.4 Å². The molecular formula is C13H12Cl2N2. The highest BCUT2D eigenvalue weighted by Gasteiger charge is 2.08. The van der Waals surface area contributed by atoms with Crippen LogP contribution in [-0.4, -0.2) is 12.0 Å². The Kier molecular flexibility index (Phi) is 3.55. The second-order valence-corrected chi connectivity index (χ2v) is 4.53. The quantitative estimate of drug-likeness (QED) is 0.871. The molecule has 0 spiro atoms. The highest BCUT2D eigenvalue weighted by molar-refractivity contribution is 6.43. The average molecular weight is 267 g/mol. The van der Waals surface area contributed by atoms with Gasteiger partial charge in [-0.25, -0.2) is 4.98 Å². The van der Waals surface area contributed by atoms with Crippen LogP contribution in [0, 0.1) is 6.92 Å². The molecule has 88 valence electrons. The van der Waals surface area contributed by atoms with Crippen LogP contribution in [0.2, 0.25) is 10.0 Å². The maximum atomic E-state index is 6.18. The minimum Gasteiger partial charge on any atom is -0.373 e. The summed E-state index contributed by atoms with van der Waals surface area (Å²) < 4.78 is 0. The third-order valence-corrected chi connectivity index (χ3v) is 3.40. The zero-order valence-corrected chi connectivity index (χ0v) is 11.1. The Hall–Kier alpha value is -1.25. The van der Waals surface area contributed by atoms with Crippen molar-refractivity contribution in [3.05, 3.63) is 46.1 Å². The van der Waals surface area contributed by atoms with Crippen molar-refractivity contribution in [1.82, 2.24) is 4.98 Å². The summed E-state index contributed by atoms with van der Waals surface area (Å²) in [6, 6.07) is 7.63. The van der Waals surface area contributed by atoms with Crippen LogP contribution >= 0.6 is 23.2 Å². The van der Waals surface area contributed by atoms with E-state index in [2.05, 4.69) is 10.3 Å². The van der Waals surface area contributed by atoms with Gasteiger partial charge in [-0.1, -0.05) is 35.3 Å². The first-order valence-electron chi connectivity index (χ1n) is 5.22. The third-order valence-electron chi connectivity index (χ3n) is 2.58. The molecule has 0 unspecified atom stereocenters. The Balaban J connectivity index is 2.54. The summed E-state index contributed by atoms with van der Waals surface area (Å²) in [4.78, 5) is 4.33. The molecule has 4 heteroatoms. The fourth-order valence-corrected chi connectivity index (χ4v) is 2.12. The highest BCUT2D eigenvalue weighted by atomic mass is 35.5. The van der Waals surface area contributed by atoms with Crippen molar-refractivity contribution in [3.63, 3.8) is 0 Å². The number of rotatable bonds is 2. The minimum atomic E-state index is 0.555. The lowest BCUT2D eigenvalue weighted by molar-refractivity contribution is 1.24. The molecule has 0 saturated carbocycles. The van der Waals surface area contributed by atoms with E-state index in [1.54, 1.807) is 12.3 Å². The lowest BCUT2D eigenvalue weighted by Gasteiger charge is -2.09. The summed E-state index contributed by atoms with van der Waals surface area (Å²) in [5, 5.41) is 4.15. The molecule has 2 aromatic rings. The average Bonchev–Trinajstić information content (AvgIpc) is 2.32. The zero-order valence-electron chi connectivity index (χ0n) is 9.59. The van der Waals surface area contributed by atoms with Crippen molar-refractivity contribution in [1.29, 1.82) is 0 Å². The molecular weight excluding hydrogens is 255 g/mol. The first kappa shape index (κ1) is 12.2. The number of halogens is 2. The number of hydrogen-bond donors (Lipinski definition) is 1. The molecule has 1 N–H and O–H groups in total. The Morgan fingerprint density at radius 1 is 1.24 bits per heavy atom. The van der Waals surface area contributed by atoms with Crippen LogP contribution in [0.25, 0.3) is 11.1 Å². The SMILES string of the molecule is CNc1ncc(-c2cccc(Cl)c2Cl)cc1C. The van der Waals surface area contributed by atoms with E-state index >= 15 is 0 Å². The monoisotopic (exact) mass is 266 g/mol. The molecule has 0 saturated heterocycles. The van der Waals surface area contributed by atoms with Crippen LogP contribution in [0.5, 0.6) is 0 Å². The lowest BCUT2D eigenvalue weighted by atomic mass is 10.1. The molecule has 17 heavy (non-hydrogen) atoms. The molecule has 1 aromatic heterocycles. The van der Waals surface area contributed by atoms with Gasteiger partial charge < -0.3 is 5.32 Å². The van der Waals surface area contributed by atoms with Gasteiger partial charge in [-0.15, -0.1) is 0 Å². The predicted octanol–water partition coefficient (Wildman–Crippen LogP) is 4.41. The van der Waals surface area contributed by atoms with Crippen LogP contribution in [0.1, 0.15) is 5.56 Å². The number of hydrogen-bond acceptors (Lipinski definition) is 2. The number of anilines is 1. The van der Waals surface area contributed by atoms with Crippen molar-refractivity contribution in [2.75, 3.05) is 12.4 Å². The normalized spacial score (nSPS) is 10.4. The van der Waals surface area contributed by atoms with E-state index in [4.69, 9.17) is 23.2 Å². The number of benzene rings is 1. The van der Waals surface area contributed by atoms with Crippen LogP contribution < -0.4 is 5.32 Å². The predicted molar refractivity (Wildman–Crippen MR) is 74.0 cm³/mol. The third kappa shape index (κ3) is 2.38. The molecule has 0 aliphatic carbocycles. The van der Waals surface area contributed by atoms with Gasteiger partial charge in [0.05, 0.1) is 10.0 Å². The van der Waals surface area contributed by atoms with Crippen LogP contribution in [0.15, 0.2) is 30.5 Å². The molecule has 0 fully saturated rings. The molecule has 2 nitrogen and oxygen atoms in total. The fraction of sp³-hybridized carbons (Fsp3) is 0.154. The van der Waals surface area contributed by atoms with Crippen LogP contribution in [0.4, 0.5) is 5.82 Å². The Morgan fingerprint density at radius 2 is 2.00 bits per heavy atom. The molecule has 1 heterocycles. The summed E-state index contributed by atoms with van der Waals surface area (Å²) in [7, 11) is 1.85. The van der Waals surface area contributed by atoms with Crippen LogP contribution in [-0.2, 0) is 0 Å². The number of aryl methyl sites for hydroxylation is 1. The van der Waals surface area contributed by atoms with Gasteiger partial charge in [-0.3, -0.25) is 0 Å². The Bertz CT molecular complexity index is 553. The van der Waals surface area contributed by atoms with Gasteiger partial charge in [0.25, 0.3) is 0 Å². The first-order valence-corrected chi connectivity index (χ1v) is 5.98. The maximum Gasteiger partial charge on any atom is 0.128 e. The van der Waals surface area contributed by atoms with Crippen molar-refractivity contribution < 1.29 is 0 Å². The molecule has 0 bridgehead atoms. The standard InChI is InChI=1S/C13H12Cl2N2/c1-8-6-9(7-17-13(8)16-2)10-4-3-5-11(14)12(10)15/h3-7H,1-2H3,(H,16,17). The van der Waals surface area contributed by atoms with Gasteiger partial charge >= 0.3 is 0 Å². The number of pyridine rings is 1. The van der Waals surface area contributed by atoms with Gasteiger partial charge in [0.15, 0.2) is 0 Å². The van der Waals surface area contributed by atoms with E-state index < -0.39 is 0 Å². The van der Waals surface area contributed by atoms with Crippen LogP contribution in [0.3, 0.4) is 0 Å². The van der Waals surface area contributed by atoms with E-state index in [0.29, 0.717) is 10.0 Å². The van der Waals surface area contributed by atoms with Gasteiger partial charge in [-0.2, -0.15) is 0 Å². The number of nitrogens with zero attached hydrogens (tertiary/aromatic N) is 1. The molecule has 1 aromatic carbocycles. The van der Waals surface area contributed by atoms with E-state index in [-0.39, 0.29) is 0 Å². The maximum absolute atomic E-state index is 6.18. The second-order valence-electron chi connectivity index (χ2n) is 3.74. The summed E-state index contributed by atoms with van der Waals surface area (Å²) in [5.74, 6) is 0.868. The molecule has 2 rings (SSSR count). The largest absolute Gasteiger partial charge is 0.373 e. The molecule has 0 aliphatic rings. The Labute approximate surface area is 111 Å². The molecule has 0 aliphatic heterocycles. The van der Waals surface area contributed by atoms with Gasteiger partial charge in [-0.05, 0) is 24.6 Å². The molecule has 0 amide bonds. The lowest BCUT2D eigenvalue weighted by Crippen LogP contribution is -1.95. The van der Waals surface area contributed by atoms with Crippen molar-refractivity contribution in [2.45, 2.75) is 6.92 Å². The van der Waals surface area contributed by atoms with E-state index in [9.17, 15) is 0 Å². The van der Waals surface area contributed by atoms with Crippen molar-refractivity contribution >= 4 is 29.0 Å². The van der Waals surface area contributed by atoms with E-state index in [1.165, 1.54) is 0 Å². The second kappa shape index (κ2) is 4.94. The van der Waals surface area contributed by atoms with Gasteiger partial charge in [0.1, 0.15) is 5.82 Å². The molecule has 0 atom stereocenters. The van der Waals surface area contributed by atoms with E-state index in [1.807, 2.05) is 32.2 Å². The summed E-state index contributed by atoms with van der Waals surface area (Å²) in [6.45, 7) is 2.00. The Morgan fingerprint density at radius 3 is 2.65 bits per heavy atom. The van der Waals surface area contributed by atoms with Crippen molar-refractivity contribution in [2.24, 2.45) is 0 Å². The summed E-state index contributed by atoms with van der Waals surface area (Å²) in [5.41, 5.74) is 2.94. The minimum absolute atomic E-state index is 0.555. The molecule has 0 radical (unpaired) electrons. The first-order chi connectivity index (χ1) is 8.13. The van der Waals surface area contributed by atoms with Crippen molar-refractivity contribution in [3.8, 4) is 11.1 Å². The summed E-state index contributed by atoms with van der Waals surface area (Å²) in [6.07, 6.45) is 1.79. The smallest absolute Gasteiger partial charge is 0.128 e. The van der Waals surface area contributed by atoms with E-state index in [0.717, 1.165) is 22.5 Å². The fourth-order valence-electron chi connectivity index (χ4n) is 1.71. The topological polar surface area (TPSA) is 24.9 Å². The number of nitrogens with one attached hydrogen (secondary N) is 1.